The number of H-pyrrole nitrogens is 1. The number of aromatic amines is 1. The van der Waals surface area contributed by atoms with Crippen molar-refractivity contribution < 1.29 is 4.39 Å². The molecule has 4 aromatic heterocycles. The van der Waals surface area contributed by atoms with Gasteiger partial charge >= 0.3 is 0 Å². The Morgan fingerprint density at radius 2 is 2.00 bits per heavy atom. The Morgan fingerprint density at radius 3 is 2.88 bits per heavy atom. The number of hydrogen-bond donors (Lipinski definition) is 2. The van der Waals surface area contributed by atoms with Gasteiger partial charge in [0, 0.05) is 41.1 Å². The molecule has 1 saturated carbocycles. The van der Waals surface area contributed by atoms with Gasteiger partial charge in [0.15, 0.2) is 0 Å². The Balaban J connectivity index is 1.49. The molecule has 0 spiro atoms. The summed E-state index contributed by atoms with van der Waals surface area (Å²) in [6.07, 6.45) is 12.9. The van der Waals surface area contributed by atoms with Gasteiger partial charge in [-0.15, -0.1) is 0 Å². The van der Waals surface area contributed by atoms with Crippen molar-refractivity contribution in [3.05, 3.63) is 42.9 Å². The predicted octanol–water partition coefficient (Wildman–Crippen LogP) is 4.16. The van der Waals surface area contributed by atoms with Crippen LogP contribution in [0.4, 0.5) is 10.3 Å². The number of nitrogens with zero attached hydrogens (tertiary/aromatic N) is 4. The van der Waals surface area contributed by atoms with E-state index in [1.807, 2.05) is 18.5 Å². The van der Waals surface area contributed by atoms with E-state index in [9.17, 15) is 4.39 Å². The van der Waals surface area contributed by atoms with Crippen LogP contribution >= 0.6 is 0 Å². The molecule has 0 amide bonds. The first kappa shape index (κ1) is 15.3. The first-order valence-electron chi connectivity index (χ1n) is 9.01. The Kier molecular flexibility index (Phi) is 3.58. The second kappa shape index (κ2) is 6.09. The van der Waals surface area contributed by atoms with Gasteiger partial charge in [0.05, 0.1) is 6.20 Å². The number of aromatic nitrogens is 5. The molecule has 0 radical (unpaired) electrons. The zero-order valence-electron chi connectivity index (χ0n) is 14.2. The maximum atomic E-state index is 13.8. The number of hydrogen-bond acceptors (Lipinski definition) is 4. The minimum absolute atomic E-state index is 0.378. The number of halogens is 1. The molecule has 4 aromatic rings. The molecule has 1 aliphatic rings. The van der Waals surface area contributed by atoms with Gasteiger partial charge in [-0.25, -0.2) is 9.97 Å². The Bertz CT molecular complexity index is 1080. The number of nitrogens with one attached hydrogen (secondary N) is 2. The van der Waals surface area contributed by atoms with Crippen molar-refractivity contribution in [3.8, 4) is 11.1 Å². The average Bonchev–Trinajstić information content (AvgIpc) is 3.26. The maximum absolute atomic E-state index is 13.8. The van der Waals surface area contributed by atoms with E-state index in [1.165, 1.54) is 42.7 Å². The third kappa shape index (κ3) is 2.60. The van der Waals surface area contributed by atoms with Crippen LogP contribution in [0.3, 0.4) is 0 Å². The van der Waals surface area contributed by atoms with Gasteiger partial charge in [0.2, 0.25) is 11.9 Å². The van der Waals surface area contributed by atoms with Crippen LogP contribution in [0.25, 0.3) is 27.8 Å². The highest BCUT2D eigenvalue weighted by Gasteiger charge is 2.15. The molecule has 4 heterocycles. The molecule has 1 aliphatic carbocycles. The zero-order chi connectivity index (χ0) is 17.5. The van der Waals surface area contributed by atoms with Crippen molar-refractivity contribution in [2.45, 2.75) is 38.1 Å². The number of pyridine rings is 1. The molecule has 0 saturated heterocycles. The molecular weight excluding hydrogens is 331 g/mol. The van der Waals surface area contributed by atoms with Crippen LogP contribution in [0.2, 0.25) is 0 Å². The molecule has 1 fully saturated rings. The smallest absolute Gasteiger partial charge is 0.224 e. The lowest BCUT2D eigenvalue weighted by Crippen LogP contribution is -2.23. The summed E-state index contributed by atoms with van der Waals surface area (Å²) >= 11 is 0. The Labute approximate surface area is 149 Å². The van der Waals surface area contributed by atoms with E-state index < -0.39 is 0 Å². The van der Waals surface area contributed by atoms with Crippen molar-refractivity contribution in [1.82, 2.24) is 24.3 Å². The summed E-state index contributed by atoms with van der Waals surface area (Å²) in [5.41, 5.74) is 3.19. The highest BCUT2D eigenvalue weighted by Crippen LogP contribution is 2.29. The molecule has 0 bridgehead atoms. The Morgan fingerprint density at radius 1 is 1.12 bits per heavy atom. The minimum atomic E-state index is -0.378. The summed E-state index contributed by atoms with van der Waals surface area (Å²) in [5.74, 6) is 0.283. The summed E-state index contributed by atoms with van der Waals surface area (Å²) in [7, 11) is 0. The molecule has 26 heavy (non-hydrogen) atoms. The second-order valence-corrected chi connectivity index (χ2v) is 6.86. The number of imidazole rings is 1. The monoisotopic (exact) mass is 350 g/mol. The fourth-order valence-corrected chi connectivity index (χ4v) is 3.76. The molecule has 2 N–H and O–H groups in total. The average molecular weight is 350 g/mol. The molecule has 132 valence electrons. The summed E-state index contributed by atoms with van der Waals surface area (Å²) in [6.45, 7) is 0. The quantitative estimate of drug-likeness (QED) is 0.582. The van der Waals surface area contributed by atoms with Gasteiger partial charge in [-0.05, 0) is 25.0 Å². The highest BCUT2D eigenvalue weighted by molar-refractivity contribution is 5.93. The zero-order valence-corrected chi connectivity index (χ0v) is 14.2. The van der Waals surface area contributed by atoms with Crippen LogP contribution in [-0.2, 0) is 0 Å². The van der Waals surface area contributed by atoms with E-state index in [4.69, 9.17) is 0 Å². The topological polar surface area (TPSA) is 70.9 Å². The van der Waals surface area contributed by atoms with Crippen molar-refractivity contribution in [3.63, 3.8) is 0 Å². The SMILES string of the molecule is Fc1cnc2ccc(-c3c[nH]c4nc(NC5CCCCC5)ncc34)cn12. The second-order valence-electron chi connectivity index (χ2n) is 6.86. The van der Waals surface area contributed by atoms with Crippen LogP contribution in [0.5, 0.6) is 0 Å². The summed E-state index contributed by atoms with van der Waals surface area (Å²) in [5, 5.41) is 4.36. The third-order valence-corrected chi connectivity index (χ3v) is 5.14. The maximum Gasteiger partial charge on any atom is 0.224 e. The molecule has 0 unspecified atom stereocenters. The van der Waals surface area contributed by atoms with E-state index in [-0.39, 0.29) is 5.95 Å². The fraction of sp³-hybridized carbons (Fsp3) is 0.316. The van der Waals surface area contributed by atoms with Gasteiger partial charge in [-0.2, -0.15) is 9.37 Å². The van der Waals surface area contributed by atoms with E-state index in [0.717, 1.165) is 22.2 Å². The first-order chi connectivity index (χ1) is 12.8. The van der Waals surface area contributed by atoms with Crippen LogP contribution in [0.1, 0.15) is 32.1 Å². The van der Waals surface area contributed by atoms with Gasteiger partial charge in [-0.1, -0.05) is 19.3 Å². The summed E-state index contributed by atoms with van der Waals surface area (Å²) in [4.78, 5) is 16.3. The van der Waals surface area contributed by atoms with Gasteiger partial charge in [0.25, 0.3) is 0 Å². The van der Waals surface area contributed by atoms with Crippen molar-refractivity contribution >= 4 is 22.6 Å². The largest absolute Gasteiger partial charge is 0.351 e. The van der Waals surface area contributed by atoms with Crippen LogP contribution < -0.4 is 5.32 Å². The van der Waals surface area contributed by atoms with Crippen molar-refractivity contribution in [1.29, 1.82) is 0 Å². The van der Waals surface area contributed by atoms with Gasteiger partial charge < -0.3 is 10.3 Å². The van der Waals surface area contributed by atoms with Crippen molar-refractivity contribution in [2.24, 2.45) is 0 Å². The standard InChI is InChI=1S/C19H19FN6/c20-16-10-21-17-7-6-12(11-26(16)17)14-8-22-18-15(14)9-23-19(25-18)24-13-4-2-1-3-5-13/h6-11,13H,1-5H2,(H2,22,23,24,25). The number of rotatable bonds is 3. The van der Waals surface area contributed by atoms with Crippen molar-refractivity contribution in [2.75, 3.05) is 5.32 Å². The van der Waals surface area contributed by atoms with E-state index in [0.29, 0.717) is 17.6 Å². The summed E-state index contributed by atoms with van der Waals surface area (Å²) < 4.78 is 15.3. The number of fused-ring (bicyclic) bond motifs is 2. The Hall–Kier alpha value is -2.96. The van der Waals surface area contributed by atoms with Crippen LogP contribution in [0, 0.1) is 5.95 Å². The fourth-order valence-electron chi connectivity index (χ4n) is 3.76. The minimum Gasteiger partial charge on any atom is -0.351 e. The molecule has 6 nitrogen and oxygen atoms in total. The molecule has 0 aliphatic heterocycles. The first-order valence-corrected chi connectivity index (χ1v) is 9.01. The normalized spacial score (nSPS) is 15.7. The molecule has 0 atom stereocenters. The summed E-state index contributed by atoms with van der Waals surface area (Å²) in [6, 6.07) is 4.19. The van der Waals surface area contributed by atoms with E-state index in [1.54, 1.807) is 12.3 Å². The lowest BCUT2D eigenvalue weighted by atomic mass is 9.96. The van der Waals surface area contributed by atoms with Crippen LogP contribution in [0.15, 0.2) is 36.9 Å². The lowest BCUT2D eigenvalue weighted by Gasteiger charge is -2.22. The van der Waals surface area contributed by atoms with E-state index >= 15 is 0 Å². The lowest BCUT2D eigenvalue weighted by molar-refractivity contribution is 0.461. The molecule has 5 rings (SSSR count). The van der Waals surface area contributed by atoms with Gasteiger partial charge in [0.1, 0.15) is 11.3 Å². The van der Waals surface area contributed by atoms with Crippen LogP contribution in [-0.4, -0.2) is 30.4 Å². The third-order valence-electron chi connectivity index (χ3n) is 5.14. The molecular formula is C19H19FN6. The van der Waals surface area contributed by atoms with E-state index in [2.05, 4.69) is 25.3 Å². The molecule has 7 heteroatoms. The van der Waals surface area contributed by atoms with Gasteiger partial charge in [-0.3, -0.25) is 4.40 Å². The predicted molar refractivity (Wildman–Crippen MR) is 98.5 cm³/mol. The molecule has 0 aromatic carbocycles. The highest BCUT2D eigenvalue weighted by atomic mass is 19.1. The number of anilines is 1.